The van der Waals surface area contributed by atoms with E-state index in [9.17, 15) is 4.79 Å². The van der Waals surface area contributed by atoms with Gasteiger partial charge in [0.2, 0.25) is 0 Å². The number of aliphatic hydroxyl groups is 1. The number of unbranched alkanes of at least 4 members (excludes halogenated alkanes) is 4. The van der Waals surface area contributed by atoms with Gasteiger partial charge >= 0.3 is 35.5 Å². The molecule has 0 spiro atoms. The third-order valence-electron chi connectivity index (χ3n) is 1.55. The molecule has 0 aliphatic heterocycles. The van der Waals surface area contributed by atoms with E-state index in [1.54, 1.807) is 0 Å². The predicted molar refractivity (Wildman–Crippen MR) is 49.6 cm³/mol. The summed E-state index contributed by atoms with van der Waals surface area (Å²) in [5.74, 6) is -0.716. The summed E-state index contributed by atoms with van der Waals surface area (Å²) < 4.78 is 0. The van der Waals surface area contributed by atoms with Crippen LogP contribution in [0, 0.1) is 0 Å². The van der Waals surface area contributed by atoms with Gasteiger partial charge in [-0.2, -0.15) is 0 Å². The molecule has 0 aliphatic rings. The van der Waals surface area contributed by atoms with Crippen molar-refractivity contribution >= 4 is 35.5 Å². The SMILES string of the molecule is O=C(O)CCCCCCCO.[NaH]. The van der Waals surface area contributed by atoms with E-state index in [0.717, 1.165) is 32.1 Å². The molecule has 0 radical (unpaired) electrons. The zero-order chi connectivity index (χ0) is 8.53. The van der Waals surface area contributed by atoms with Crippen molar-refractivity contribution in [2.24, 2.45) is 0 Å². The summed E-state index contributed by atoms with van der Waals surface area (Å²) in [6, 6.07) is 0. The standard InChI is InChI=1S/C8H16O3.Na.H/c9-7-5-3-1-2-4-6-8(10)11;;/h9H,1-7H2,(H,10,11);;. The second-order valence-corrected chi connectivity index (χ2v) is 2.64. The summed E-state index contributed by atoms with van der Waals surface area (Å²) >= 11 is 0. The van der Waals surface area contributed by atoms with E-state index in [1.807, 2.05) is 0 Å². The molecular weight excluding hydrogens is 167 g/mol. The van der Waals surface area contributed by atoms with E-state index in [2.05, 4.69) is 0 Å². The molecule has 12 heavy (non-hydrogen) atoms. The second-order valence-electron chi connectivity index (χ2n) is 2.64. The van der Waals surface area contributed by atoms with Crippen LogP contribution in [0.15, 0.2) is 0 Å². The Hall–Kier alpha value is 0.430. The van der Waals surface area contributed by atoms with Gasteiger partial charge in [0.1, 0.15) is 0 Å². The van der Waals surface area contributed by atoms with Crippen LogP contribution in [-0.2, 0) is 4.79 Å². The van der Waals surface area contributed by atoms with E-state index < -0.39 is 5.97 Å². The third kappa shape index (κ3) is 13.1. The second kappa shape index (κ2) is 11.4. The Morgan fingerprint density at radius 1 is 1.00 bits per heavy atom. The van der Waals surface area contributed by atoms with E-state index in [0.29, 0.717) is 0 Å². The molecule has 4 heteroatoms. The Labute approximate surface area is 95.5 Å². The fourth-order valence-electron chi connectivity index (χ4n) is 0.918. The molecule has 0 saturated carbocycles. The van der Waals surface area contributed by atoms with Crippen LogP contribution in [0.25, 0.3) is 0 Å². The number of aliphatic carboxylic acids is 1. The van der Waals surface area contributed by atoms with Crippen LogP contribution in [0.1, 0.15) is 38.5 Å². The topological polar surface area (TPSA) is 57.5 Å². The maximum atomic E-state index is 10.0. The van der Waals surface area contributed by atoms with Crippen molar-refractivity contribution in [3.8, 4) is 0 Å². The Morgan fingerprint density at radius 3 is 2.00 bits per heavy atom. The average Bonchev–Trinajstić information content (AvgIpc) is 1.96. The first-order chi connectivity index (χ1) is 5.27. The van der Waals surface area contributed by atoms with Gasteiger partial charge in [-0.15, -0.1) is 0 Å². The summed E-state index contributed by atoms with van der Waals surface area (Å²) in [6.45, 7) is 0.249. The maximum absolute atomic E-state index is 10.0. The molecule has 0 aliphatic carbocycles. The molecule has 0 aromatic rings. The zero-order valence-corrected chi connectivity index (χ0v) is 6.75. The molecule has 2 N–H and O–H groups in total. The van der Waals surface area contributed by atoms with Crippen LogP contribution in [0.4, 0.5) is 0 Å². The number of hydrogen-bond acceptors (Lipinski definition) is 2. The average molecular weight is 184 g/mol. The van der Waals surface area contributed by atoms with E-state index in [1.165, 1.54) is 0 Å². The van der Waals surface area contributed by atoms with E-state index in [4.69, 9.17) is 10.2 Å². The van der Waals surface area contributed by atoms with Gasteiger partial charge in [-0.3, -0.25) is 4.79 Å². The molecule has 0 atom stereocenters. The summed E-state index contributed by atoms with van der Waals surface area (Å²) in [5.41, 5.74) is 0. The number of hydrogen-bond donors (Lipinski definition) is 2. The molecule has 0 saturated heterocycles. The molecule has 0 amide bonds. The van der Waals surface area contributed by atoms with Gasteiger partial charge in [0.15, 0.2) is 0 Å². The van der Waals surface area contributed by atoms with Crippen molar-refractivity contribution in [2.75, 3.05) is 6.61 Å². The van der Waals surface area contributed by atoms with Gasteiger partial charge < -0.3 is 10.2 Å². The van der Waals surface area contributed by atoms with Gasteiger partial charge in [-0.1, -0.05) is 19.3 Å². The summed E-state index contributed by atoms with van der Waals surface area (Å²) in [5, 5.41) is 16.7. The first-order valence-corrected chi connectivity index (χ1v) is 4.10. The molecule has 0 bridgehead atoms. The van der Waals surface area contributed by atoms with Crippen molar-refractivity contribution in [1.82, 2.24) is 0 Å². The number of carboxylic acid groups (broad SMARTS) is 1. The molecule has 0 fully saturated rings. The minimum atomic E-state index is -0.716. The quantitative estimate of drug-likeness (QED) is 0.453. The summed E-state index contributed by atoms with van der Waals surface area (Å²) in [4.78, 5) is 10.0. The van der Waals surface area contributed by atoms with Crippen LogP contribution in [-0.4, -0.2) is 52.3 Å². The Morgan fingerprint density at radius 2 is 1.50 bits per heavy atom. The molecule has 3 nitrogen and oxygen atoms in total. The van der Waals surface area contributed by atoms with Crippen molar-refractivity contribution in [3.63, 3.8) is 0 Å². The zero-order valence-electron chi connectivity index (χ0n) is 6.75. The molecule has 0 heterocycles. The molecule has 0 aromatic heterocycles. The minimum absolute atomic E-state index is 0. The van der Waals surface area contributed by atoms with Crippen LogP contribution in [0.5, 0.6) is 0 Å². The molecule has 68 valence electrons. The van der Waals surface area contributed by atoms with Crippen LogP contribution in [0.2, 0.25) is 0 Å². The fourth-order valence-corrected chi connectivity index (χ4v) is 0.918. The van der Waals surface area contributed by atoms with Crippen molar-refractivity contribution < 1.29 is 15.0 Å². The Bertz CT molecular complexity index is 106. The van der Waals surface area contributed by atoms with Crippen LogP contribution in [0.3, 0.4) is 0 Å². The summed E-state index contributed by atoms with van der Waals surface area (Å²) in [7, 11) is 0. The van der Waals surface area contributed by atoms with Gasteiger partial charge in [-0.25, -0.2) is 0 Å². The first-order valence-electron chi connectivity index (χ1n) is 4.10. The van der Waals surface area contributed by atoms with E-state index in [-0.39, 0.29) is 42.6 Å². The summed E-state index contributed by atoms with van der Waals surface area (Å²) in [6.07, 6.45) is 4.89. The van der Waals surface area contributed by atoms with Crippen molar-refractivity contribution in [1.29, 1.82) is 0 Å². The molecule has 0 rings (SSSR count). The van der Waals surface area contributed by atoms with Gasteiger partial charge in [0.05, 0.1) is 0 Å². The Balaban J connectivity index is 0. The van der Waals surface area contributed by atoms with Crippen molar-refractivity contribution in [3.05, 3.63) is 0 Å². The number of carbonyl (C=O) groups is 1. The monoisotopic (exact) mass is 184 g/mol. The van der Waals surface area contributed by atoms with Gasteiger partial charge in [0.25, 0.3) is 0 Å². The molecule has 0 unspecified atom stereocenters. The third-order valence-corrected chi connectivity index (χ3v) is 1.55. The van der Waals surface area contributed by atoms with Gasteiger partial charge in [-0.05, 0) is 12.8 Å². The van der Waals surface area contributed by atoms with E-state index >= 15 is 0 Å². The molecular formula is C8H17NaO3. The van der Waals surface area contributed by atoms with Crippen LogP contribution < -0.4 is 0 Å². The predicted octanol–water partition coefficient (Wildman–Crippen LogP) is 0.755. The fraction of sp³-hybridized carbons (Fsp3) is 0.875. The normalized spacial score (nSPS) is 9.08. The number of aliphatic hydroxyl groups excluding tert-OH is 1. The van der Waals surface area contributed by atoms with Gasteiger partial charge in [0, 0.05) is 13.0 Å². The van der Waals surface area contributed by atoms with Crippen LogP contribution >= 0.6 is 0 Å². The van der Waals surface area contributed by atoms with Crippen molar-refractivity contribution in [2.45, 2.75) is 38.5 Å². The number of rotatable bonds is 7. The number of carboxylic acids is 1. The molecule has 0 aromatic carbocycles. The Kier molecular flexibility index (Phi) is 14.2. The first kappa shape index (κ1) is 14.9.